The molecule has 0 bridgehead atoms. The van der Waals surface area contributed by atoms with Gasteiger partial charge in [-0.15, -0.1) is 0 Å². The normalized spacial score (nSPS) is 10.7. The Bertz CT molecular complexity index is 802. The summed E-state index contributed by atoms with van der Waals surface area (Å²) in [6.07, 6.45) is 0. The van der Waals surface area contributed by atoms with Gasteiger partial charge in [0.15, 0.2) is 0 Å². The van der Waals surface area contributed by atoms with Gasteiger partial charge in [-0.2, -0.15) is 0 Å². The van der Waals surface area contributed by atoms with E-state index in [9.17, 15) is 0 Å². The molecule has 0 aliphatic rings. The maximum absolute atomic E-state index is 2.30. The molecular weight excluding hydrogens is 264 g/mol. The van der Waals surface area contributed by atoms with Crippen LogP contribution in [0.1, 0.15) is 22.3 Å². The quantitative estimate of drug-likeness (QED) is 0.522. The van der Waals surface area contributed by atoms with Gasteiger partial charge in [-0.1, -0.05) is 65.7 Å². The summed E-state index contributed by atoms with van der Waals surface area (Å²) in [5.41, 5.74) is 10.5. The molecule has 0 N–H and O–H groups in total. The summed E-state index contributed by atoms with van der Waals surface area (Å²) >= 11 is 0. The van der Waals surface area contributed by atoms with Gasteiger partial charge in [0.1, 0.15) is 0 Å². The fourth-order valence-corrected chi connectivity index (χ4v) is 3.31. The average Bonchev–Trinajstić information content (AvgIpc) is 2.46. The van der Waals surface area contributed by atoms with Gasteiger partial charge in [0.2, 0.25) is 0 Å². The van der Waals surface area contributed by atoms with Crippen molar-refractivity contribution >= 4 is 0 Å². The van der Waals surface area contributed by atoms with Gasteiger partial charge in [0.25, 0.3) is 0 Å². The minimum atomic E-state index is 1.28. The molecule has 0 spiro atoms. The molecule has 3 aromatic carbocycles. The van der Waals surface area contributed by atoms with Crippen molar-refractivity contribution in [2.75, 3.05) is 0 Å². The van der Waals surface area contributed by atoms with E-state index in [2.05, 4.69) is 88.4 Å². The zero-order valence-corrected chi connectivity index (χ0v) is 13.8. The van der Waals surface area contributed by atoms with Crippen LogP contribution in [0.15, 0.2) is 60.7 Å². The van der Waals surface area contributed by atoms with Gasteiger partial charge in [-0.25, -0.2) is 0 Å². The topological polar surface area (TPSA) is 0 Å². The summed E-state index contributed by atoms with van der Waals surface area (Å²) in [5.74, 6) is 0. The molecule has 0 aliphatic heterocycles. The van der Waals surface area contributed by atoms with E-state index in [1.807, 2.05) is 0 Å². The van der Waals surface area contributed by atoms with Crippen LogP contribution in [0.2, 0.25) is 0 Å². The fourth-order valence-electron chi connectivity index (χ4n) is 3.31. The van der Waals surface area contributed by atoms with E-state index in [1.54, 1.807) is 0 Å². The van der Waals surface area contributed by atoms with Crippen molar-refractivity contribution in [1.29, 1.82) is 0 Å². The molecule has 0 heteroatoms. The number of benzene rings is 3. The Balaban J connectivity index is 2.13. The Labute approximate surface area is 133 Å². The molecule has 0 fully saturated rings. The van der Waals surface area contributed by atoms with Crippen LogP contribution in [0.4, 0.5) is 0 Å². The summed E-state index contributed by atoms with van der Waals surface area (Å²) in [5, 5.41) is 0. The third-order valence-corrected chi connectivity index (χ3v) is 4.18. The maximum atomic E-state index is 2.30. The van der Waals surface area contributed by atoms with Crippen LogP contribution >= 0.6 is 0 Å². The lowest BCUT2D eigenvalue weighted by molar-refractivity contribution is 1.32. The SMILES string of the molecule is Cc1cccc(-c2cccc(-c3c(C)cc(C)cc3C)c2)c1. The van der Waals surface area contributed by atoms with Gasteiger partial charge >= 0.3 is 0 Å². The molecule has 0 radical (unpaired) electrons. The number of hydrogen-bond donors (Lipinski definition) is 0. The van der Waals surface area contributed by atoms with Crippen molar-refractivity contribution in [1.82, 2.24) is 0 Å². The van der Waals surface area contributed by atoms with Gasteiger partial charge in [-0.3, -0.25) is 0 Å². The maximum Gasteiger partial charge on any atom is -0.0125 e. The molecule has 0 aromatic heterocycles. The Kier molecular flexibility index (Phi) is 3.85. The molecule has 0 amide bonds. The second kappa shape index (κ2) is 5.81. The molecule has 3 aromatic rings. The number of rotatable bonds is 2. The molecule has 0 heterocycles. The zero-order chi connectivity index (χ0) is 15.7. The van der Waals surface area contributed by atoms with Crippen molar-refractivity contribution in [3.05, 3.63) is 82.9 Å². The molecule has 0 unspecified atom stereocenters. The molecule has 0 nitrogen and oxygen atoms in total. The van der Waals surface area contributed by atoms with Crippen molar-refractivity contribution in [2.45, 2.75) is 27.7 Å². The van der Waals surface area contributed by atoms with Gasteiger partial charge in [-0.05, 0) is 67.1 Å². The lowest BCUT2D eigenvalue weighted by Crippen LogP contribution is -1.90. The van der Waals surface area contributed by atoms with Gasteiger partial charge in [0.05, 0.1) is 0 Å². The van der Waals surface area contributed by atoms with Crippen molar-refractivity contribution in [3.8, 4) is 22.3 Å². The Hall–Kier alpha value is -2.34. The molecule has 0 atom stereocenters. The highest BCUT2D eigenvalue weighted by Crippen LogP contribution is 2.31. The monoisotopic (exact) mass is 286 g/mol. The lowest BCUT2D eigenvalue weighted by Gasteiger charge is -2.13. The van der Waals surface area contributed by atoms with E-state index in [1.165, 1.54) is 44.5 Å². The predicted octanol–water partition coefficient (Wildman–Crippen LogP) is 6.25. The lowest BCUT2D eigenvalue weighted by atomic mass is 9.92. The highest BCUT2D eigenvalue weighted by Gasteiger charge is 2.08. The largest absolute Gasteiger partial charge is 0.0614 e. The zero-order valence-electron chi connectivity index (χ0n) is 13.8. The van der Waals surface area contributed by atoms with Crippen LogP contribution in [0, 0.1) is 27.7 Å². The summed E-state index contributed by atoms with van der Waals surface area (Å²) in [4.78, 5) is 0. The van der Waals surface area contributed by atoms with E-state index >= 15 is 0 Å². The molecule has 0 saturated carbocycles. The first-order valence-corrected chi connectivity index (χ1v) is 7.80. The van der Waals surface area contributed by atoms with Crippen LogP contribution in [0.3, 0.4) is 0 Å². The first-order valence-electron chi connectivity index (χ1n) is 7.80. The standard InChI is InChI=1S/C22H22/c1-15-7-5-8-19(13-15)20-9-6-10-21(14-20)22-17(3)11-16(2)12-18(22)4/h5-14H,1-4H3. The number of hydrogen-bond acceptors (Lipinski definition) is 0. The first kappa shape index (κ1) is 14.6. The number of aryl methyl sites for hydroxylation is 4. The van der Waals surface area contributed by atoms with Crippen molar-refractivity contribution in [3.63, 3.8) is 0 Å². The minimum absolute atomic E-state index is 1.28. The Morgan fingerprint density at radius 1 is 0.500 bits per heavy atom. The van der Waals surface area contributed by atoms with Crippen molar-refractivity contribution in [2.24, 2.45) is 0 Å². The van der Waals surface area contributed by atoms with E-state index in [0.717, 1.165) is 0 Å². The first-order chi connectivity index (χ1) is 10.5. The van der Waals surface area contributed by atoms with E-state index < -0.39 is 0 Å². The Morgan fingerprint density at radius 3 is 1.68 bits per heavy atom. The average molecular weight is 286 g/mol. The second-order valence-electron chi connectivity index (χ2n) is 6.22. The highest BCUT2D eigenvalue weighted by atomic mass is 14.1. The van der Waals surface area contributed by atoms with Gasteiger partial charge < -0.3 is 0 Å². The molecule has 110 valence electrons. The molecule has 22 heavy (non-hydrogen) atoms. The molecule has 0 aliphatic carbocycles. The van der Waals surface area contributed by atoms with Crippen LogP contribution < -0.4 is 0 Å². The van der Waals surface area contributed by atoms with E-state index in [0.29, 0.717) is 0 Å². The summed E-state index contributed by atoms with van der Waals surface area (Å²) in [6, 6.07) is 22.1. The molecular formula is C22H22. The Morgan fingerprint density at radius 2 is 1.05 bits per heavy atom. The second-order valence-corrected chi connectivity index (χ2v) is 6.22. The van der Waals surface area contributed by atoms with E-state index in [4.69, 9.17) is 0 Å². The van der Waals surface area contributed by atoms with Crippen LogP contribution in [-0.2, 0) is 0 Å². The minimum Gasteiger partial charge on any atom is -0.0614 e. The third-order valence-electron chi connectivity index (χ3n) is 4.18. The van der Waals surface area contributed by atoms with Crippen LogP contribution in [0.25, 0.3) is 22.3 Å². The predicted molar refractivity (Wildman–Crippen MR) is 96.3 cm³/mol. The van der Waals surface area contributed by atoms with Crippen LogP contribution in [-0.4, -0.2) is 0 Å². The molecule has 0 saturated heterocycles. The summed E-state index contributed by atoms with van der Waals surface area (Å²) < 4.78 is 0. The fraction of sp³-hybridized carbons (Fsp3) is 0.182. The third kappa shape index (κ3) is 2.82. The van der Waals surface area contributed by atoms with Gasteiger partial charge in [0, 0.05) is 0 Å². The molecule has 3 rings (SSSR count). The highest BCUT2D eigenvalue weighted by molar-refractivity contribution is 5.77. The van der Waals surface area contributed by atoms with E-state index in [-0.39, 0.29) is 0 Å². The summed E-state index contributed by atoms with van der Waals surface area (Å²) in [7, 11) is 0. The van der Waals surface area contributed by atoms with Crippen molar-refractivity contribution < 1.29 is 0 Å². The smallest absolute Gasteiger partial charge is 0.0125 e. The van der Waals surface area contributed by atoms with Crippen LogP contribution in [0.5, 0.6) is 0 Å². The summed E-state index contributed by atoms with van der Waals surface area (Å²) in [6.45, 7) is 8.71.